The molecular weight excluding hydrogens is 551 g/mol. The highest BCUT2D eigenvalue weighted by molar-refractivity contribution is 7.91. The first kappa shape index (κ1) is 29.9. The van der Waals surface area contributed by atoms with E-state index in [1.165, 1.54) is 23.1 Å². The zero-order valence-corrected chi connectivity index (χ0v) is 24.2. The van der Waals surface area contributed by atoms with E-state index in [4.69, 9.17) is 27.9 Å². The number of rotatable bonds is 9. The topological polar surface area (TPSA) is 108 Å². The molecule has 0 bridgehead atoms. The largest absolute Gasteiger partial charge is 0.443 e. The van der Waals surface area contributed by atoms with E-state index in [9.17, 15) is 18.0 Å². The molecule has 0 spiro atoms. The first-order chi connectivity index (χ1) is 17.8. The zero-order chi connectivity index (χ0) is 28.1. The molecule has 0 saturated carbocycles. The fourth-order valence-corrected chi connectivity index (χ4v) is 5.65. The summed E-state index contributed by atoms with van der Waals surface area (Å²) in [4.78, 5) is 32.6. The number of sulfone groups is 1. The fourth-order valence-electron chi connectivity index (χ4n) is 3.71. The van der Waals surface area contributed by atoms with E-state index in [0.29, 0.717) is 25.5 Å². The van der Waals surface area contributed by atoms with Gasteiger partial charge in [0.1, 0.15) is 17.3 Å². The van der Waals surface area contributed by atoms with Crippen LogP contribution in [0.2, 0.25) is 10.0 Å². The molecule has 12 heteroatoms. The number of hydrogen-bond acceptors (Lipinski definition) is 7. The molecule has 0 aliphatic carbocycles. The first-order valence-corrected chi connectivity index (χ1v) is 14.4. The monoisotopic (exact) mass is 582 g/mol. The maximum absolute atomic E-state index is 12.6. The van der Waals surface area contributed by atoms with Gasteiger partial charge in [0.2, 0.25) is 5.91 Å². The van der Waals surface area contributed by atoms with Crippen molar-refractivity contribution in [1.29, 1.82) is 0 Å². The van der Waals surface area contributed by atoms with Crippen LogP contribution >= 0.6 is 23.2 Å². The highest BCUT2D eigenvalue weighted by atomic mass is 35.5. The Hall–Kier alpha value is -2.66. The molecule has 3 rings (SSSR count). The van der Waals surface area contributed by atoms with Crippen LogP contribution in [0.4, 0.5) is 4.79 Å². The molecule has 0 fully saturated rings. The minimum absolute atomic E-state index is 0.0182. The predicted molar refractivity (Wildman–Crippen MR) is 148 cm³/mol. The van der Waals surface area contributed by atoms with Crippen LogP contribution in [0.1, 0.15) is 38.3 Å². The molecule has 2 aromatic rings. The minimum atomic E-state index is -3.70. The molecule has 0 saturated heterocycles. The smallest absolute Gasteiger partial charge is 0.416 e. The third kappa shape index (κ3) is 7.92. The molecule has 0 unspecified atom stereocenters. The van der Waals surface area contributed by atoms with Gasteiger partial charge in [0.15, 0.2) is 9.84 Å². The summed E-state index contributed by atoms with van der Waals surface area (Å²) in [6, 6.07) is 11.9. The number of amides is 2. The van der Waals surface area contributed by atoms with Crippen molar-refractivity contribution in [2.24, 2.45) is 4.99 Å². The minimum Gasteiger partial charge on any atom is -0.443 e. The second-order valence-electron chi connectivity index (χ2n) is 9.85. The Labute approximate surface area is 233 Å². The lowest BCUT2D eigenvalue weighted by Gasteiger charge is -2.25. The standard InChI is InChI=1S/C26H32Cl2N4O5S/c1-26(2,3)37-25(34)32-15-14-30-24(32)19-10-8-18(9-11-19)16-31(4)22(33)12-13-29-17-38(35,36)21-7-5-6-20(27)23(21)28/h5-11,29H,12-17H2,1-4H3. The van der Waals surface area contributed by atoms with Gasteiger partial charge < -0.3 is 15.0 Å². The van der Waals surface area contributed by atoms with Gasteiger partial charge >= 0.3 is 6.09 Å². The number of hydrogen-bond donors (Lipinski definition) is 1. The lowest BCUT2D eigenvalue weighted by Crippen LogP contribution is -2.39. The summed E-state index contributed by atoms with van der Waals surface area (Å²) in [5.41, 5.74) is 1.09. The fraction of sp³-hybridized carbons (Fsp3) is 0.423. The van der Waals surface area contributed by atoms with Crippen molar-refractivity contribution in [2.75, 3.05) is 32.6 Å². The van der Waals surface area contributed by atoms with Gasteiger partial charge in [-0.3, -0.25) is 14.7 Å². The first-order valence-electron chi connectivity index (χ1n) is 12.0. The van der Waals surface area contributed by atoms with Crippen LogP contribution in [-0.4, -0.2) is 74.2 Å². The van der Waals surface area contributed by atoms with Crippen LogP contribution in [-0.2, 0) is 25.9 Å². The van der Waals surface area contributed by atoms with E-state index in [-0.39, 0.29) is 39.7 Å². The summed E-state index contributed by atoms with van der Waals surface area (Å²) in [5, 5.41) is 2.94. The van der Waals surface area contributed by atoms with Gasteiger partial charge in [-0.2, -0.15) is 0 Å². The number of carbonyl (C=O) groups is 2. The van der Waals surface area contributed by atoms with Gasteiger partial charge in [-0.1, -0.05) is 53.5 Å². The van der Waals surface area contributed by atoms with E-state index in [0.717, 1.165) is 11.1 Å². The SMILES string of the molecule is CN(Cc1ccc(C2=NCCN2C(=O)OC(C)(C)C)cc1)C(=O)CCNCS(=O)(=O)c1cccc(Cl)c1Cl. The van der Waals surface area contributed by atoms with Gasteiger partial charge in [0.25, 0.3) is 0 Å². The van der Waals surface area contributed by atoms with Gasteiger partial charge in [-0.15, -0.1) is 0 Å². The number of nitrogens with one attached hydrogen (secondary N) is 1. The third-order valence-corrected chi connectivity index (χ3v) is 8.10. The maximum Gasteiger partial charge on any atom is 0.416 e. The van der Waals surface area contributed by atoms with Gasteiger partial charge in [-0.05, 0) is 38.5 Å². The average Bonchev–Trinajstić information content (AvgIpc) is 3.33. The summed E-state index contributed by atoms with van der Waals surface area (Å²) >= 11 is 11.9. The molecule has 206 valence electrons. The van der Waals surface area contributed by atoms with Crippen LogP contribution in [0.15, 0.2) is 52.4 Å². The second kappa shape index (κ2) is 12.5. The Balaban J connectivity index is 1.49. The van der Waals surface area contributed by atoms with E-state index in [1.807, 2.05) is 45.0 Å². The average molecular weight is 584 g/mol. The number of amidine groups is 1. The highest BCUT2D eigenvalue weighted by Gasteiger charge is 2.29. The predicted octanol–water partition coefficient (Wildman–Crippen LogP) is 4.36. The number of carbonyl (C=O) groups excluding carboxylic acids is 2. The molecule has 9 nitrogen and oxygen atoms in total. The van der Waals surface area contributed by atoms with Crippen molar-refractivity contribution in [2.45, 2.75) is 44.2 Å². The Morgan fingerprint density at radius 3 is 2.47 bits per heavy atom. The lowest BCUT2D eigenvalue weighted by molar-refractivity contribution is -0.130. The van der Waals surface area contributed by atoms with Gasteiger partial charge in [0, 0.05) is 32.1 Å². The number of benzene rings is 2. The summed E-state index contributed by atoms with van der Waals surface area (Å²) in [7, 11) is -2.02. The molecular formula is C26H32Cl2N4O5S. The summed E-state index contributed by atoms with van der Waals surface area (Å²) in [6.07, 6.45) is -0.310. The molecule has 2 aromatic carbocycles. The molecule has 0 atom stereocenters. The molecule has 0 radical (unpaired) electrons. The summed E-state index contributed by atoms with van der Waals surface area (Å²) in [6.45, 7) is 6.98. The number of aliphatic imine (C=N–C) groups is 1. The number of ether oxygens (including phenoxy) is 1. The second-order valence-corrected chi connectivity index (χ2v) is 12.6. The van der Waals surface area contributed by atoms with Crippen LogP contribution < -0.4 is 5.32 Å². The zero-order valence-electron chi connectivity index (χ0n) is 21.8. The Kier molecular flexibility index (Phi) is 9.80. The molecule has 2 amide bonds. The van der Waals surface area contributed by atoms with E-state index in [2.05, 4.69) is 10.3 Å². The normalized spacial score (nSPS) is 13.8. The van der Waals surface area contributed by atoms with Crippen molar-refractivity contribution in [1.82, 2.24) is 15.1 Å². The van der Waals surface area contributed by atoms with Crippen LogP contribution in [0.5, 0.6) is 0 Å². The highest BCUT2D eigenvalue weighted by Crippen LogP contribution is 2.29. The van der Waals surface area contributed by atoms with Crippen LogP contribution in [0, 0.1) is 0 Å². The van der Waals surface area contributed by atoms with Crippen molar-refractivity contribution in [3.63, 3.8) is 0 Å². The summed E-state index contributed by atoms with van der Waals surface area (Å²) in [5.74, 6) is 0.0572. The van der Waals surface area contributed by atoms with Gasteiger partial charge in [-0.25, -0.2) is 13.2 Å². The van der Waals surface area contributed by atoms with Crippen molar-refractivity contribution in [3.05, 3.63) is 63.6 Å². The van der Waals surface area contributed by atoms with E-state index >= 15 is 0 Å². The lowest BCUT2D eigenvalue weighted by atomic mass is 10.1. The van der Waals surface area contributed by atoms with Crippen LogP contribution in [0.3, 0.4) is 0 Å². The van der Waals surface area contributed by atoms with Crippen molar-refractivity contribution in [3.8, 4) is 0 Å². The molecule has 38 heavy (non-hydrogen) atoms. The van der Waals surface area contributed by atoms with E-state index in [1.54, 1.807) is 11.9 Å². The summed E-state index contributed by atoms with van der Waals surface area (Å²) < 4.78 is 30.5. The number of halogens is 2. The van der Waals surface area contributed by atoms with Crippen molar-refractivity contribution >= 4 is 50.9 Å². The molecule has 1 N–H and O–H groups in total. The van der Waals surface area contributed by atoms with E-state index < -0.39 is 21.5 Å². The Bertz CT molecular complexity index is 1310. The molecule has 1 heterocycles. The Morgan fingerprint density at radius 2 is 1.82 bits per heavy atom. The van der Waals surface area contributed by atoms with Crippen molar-refractivity contribution < 1.29 is 22.7 Å². The molecule has 1 aliphatic heterocycles. The molecule has 0 aromatic heterocycles. The van der Waals surface area contributed by atoms with Crippen LogP contribution in [0.25, 0.3) is 0 Å². The quantitative estimate of drug-likeness (QED) is 0.440. The third-order valence-electron chi connectivity index (χ3n) is 5.57. The Morgan fingerprint density at radius 1 is 1.13 bits per heavy atom. The maximum atomic E-state index is 12.6. The number of nitrogens with zero attached hydrogens (tertiary/aromatic N) is 3. The van der Waals surface area contributed by atoms with Gasteiger partial charge in [0.05, 0.1) is 28.0 Å². The molecule has 1 aliphatic rings.